The van der Waals surface area contributed by atoms with Crippen LogP contribution in [0.2, 0.25) is 0 Å². The Kier molecular flexibility index (Phi) is 5.00. The predicted molar refractivity (Wildman–Crippen MR) is 72.9 cm³/mol. The first kappa shape index (κ1) is 15.1. The molecule has 110 valence electrons. The van der Waals surface area contributed by atoms with Crippen LogP contribution in [0.25, 0.3) is 0 Å². The first-order valence-corrected chi connectivity index (χ1v) is 6.39. The number of rotatable bonds is 5. The van der Waals surface area contributed by atoms with Crippen LogP contribution < -0.4 is 0 Å². The van der Waals surface area contributed by atoms with Gasteiger partial charge >= 0.3 is 5.97 Å². The molecule has 0 fully saturated rings. The van der Waals surface area contributed by atoms with Crippen molar-refractivity contribution in [3.8, 4) is 0 Å². The standard InChI is InChI=1S/C16H14F2O3/c17-14-6-12(7-15(18)8-14)16(20)21-10-13(9-19)11-4-2-1-3-5-11/h1-8,13,19H,9-10H2. The van der Waals surface area contributed by atoms with Crippen molar-refractivity contribution < 1.29 is 23.4 Å². The summed E-state index contributed by atoms with van der Waals surface area (Å²) in [6.07, 6.45) is 0. The number of hydrogen-bond acceptors (Lipinski definition) is 3. The zero-order valence-electron chi connectivity index (χ0n) is 11.1. The van der Waals surface area contributed by atoms with Crippen molar-refractivity contribution in [3.05, 3.63) is 71.3 Å². The fraction of sp³-hybridized carbons (Fsp3) is 0.188. The lowest BCUT2D eigenvalue weighted by atomic mass is 10.0. The zero-order valence-corrected chi connectivity index (χ0v) is 11.1. The molecule has 21 heavy (non-hydrogen) atoms. The highest BCUT2D eigenvalue weighted by Gasteiger charge is 2.15. The van der Waals surface area contributed by atoms with Crippen LogP contribution in [0.5, 0.6) is 0 Å². The first-order valence-electron chi connectivity index (χ1n) is 6.39. The molecule has 0 aliphatic heterocycles. The summed E-state index contributed by atoms with van der Waals surface area (Å²) in [5.74, 6) is -2.90. The number of aliphatic hydroxyl groups excluding tert-OH is 1. The summed E-state index contributed by atoms with van der Waals surface area (Å²) >= 11 is 0. The van der Waals surface area contributed by atoms with E-state index in [0.29, 0.717) is 6.07 Å². The predicted octanol–water partition coefficient (Wildman–Crippen LogP) is 2.90. The van der Waals surface area contributed by atoms with E-state index in [-0.39, 0.29) is 24.7 Å². The lowest BCUT2D eigenvalue weighted by molar-refractivity contribution is 0.0449. The molecule has 0 aliphatic carbocycles. The Morgan fingerprint density at radius 1 is 1.10 bits per heavy atom. The molecule has 1 atom stereocenters. The van der Waals surface area contributed by atoms with E-state index in [9.17, 15) is 18.7 Å². The number of esters is 1. The fourth-order valence-electron chi connectivity index (χ4n) is 1.91. The quantitative estimate of drug-likeness (QED) is 0.862. The minimum atomic E-state index is -0.844. The highest BCUT2D eigenvalue weighted by molar-refractivity contribution is 5.89. The zero-order chi connectivity index (χ0) is 15.2. The van der Waals surface area contributed by atoms with Gasteiger partial charge in [-0.25, -0.2) is 13.6 Å². The monoisotopic (exact) mass is 292 g/mol. The molecule has 2 aromatic rings. The lowest BCUT2D eigenvalue weighted by Gasteiger charge is -2.14. The maximum atomic E-state index is 13.0. The topological polar surface area (TPSA) is 46.5 Å². The van der Waals surface area contributed by atoms with Gasteiger partial charge in [0, 0.05) is 12.0 Å². The minimum Gasteiger partial charge on any atom is -0.461 e. The van der Waals surface area contributed by atoms with Gasteiger partial charge in [-0.1, -0.05) is 30.3 Å². The van der Waals surface area contributed by atoms with Crippen LogP contribution in [0.1, 0.15) is 21.8 Å². The second-order valence-corrected chi connectivity index (χ2v) is 4.55. The summed E-state index contributed by atoms with van der Waals surface area (Å²) < 4.78 is 31.1. The fourth-order valence-corrected chi connectivity index (χ4v) is 1.91. The van der Waals surface area contributed by atoms with Gasteiger partial charge in [0.15, 0.2) is 0 Å². The summed E-state index contributed by atoms with van der Waals surface area (Å²) in [7, 11) is 0. The average Bonchev–Trinajstić information content (AvgIpc) is 2.47. The SMILES string of the molecule is O=C(OCC(CO)c1ccccc1)c1cc(F)cc(F)c1. The molecule has 0 heterocycles. The third kappa shape index (κ3) is 4.10. The van der Waals surface area contributed by atoms with Crippen molar-refractivity contribution in [1.82, 2.24) is 0 Å². The molecule has 0 saturated heterocycles. The van der Waals surface area contributed by atoms with Crippen LogP contribution in [-0.4, -0.2) is 24.3 Å². The molecular formula is C16H14F2O3. The summed E-state index contributed by atoms with van der Waals surface area (Å²) in [6.45, 7) is -0.272. The molecule has 0 aromatic heterocycles. The number of carbonyl (C=O) groups is 1. The number of hydrogen-bond donors (Lipinski definition) is 1. The first-order chi connectivity index (χ1) is 10.1. The van der Waals surface area contributed by atoms with Gasteiger partial charge in [0.25, 0.3) is 0 Å². The highest BCUT2D eigenvalue weighted by atomic mass is 19.1. The Labute approximate surface area is 120 Å². The molecule has 0 aliphatic rings. The molecule has 0 spiro atoms. The third-order valence-corrected chi connectivity index (χ3v) is 3.01. The molecule has 0 radical (unpaired) electrons. The van der Waals surface area contributed by atoms with Crippen LogP contribution in [0, 0.1) is 11.6 Å². The molecule has 0 bridgehead atoms. The maximum Gasteiger partial charge on any atom is 0.338 e. The van der Waals surface area contributed by atoms with Gasteiger partial charge in [0.05, 0.1) is 12.2 Å². The van der Waals surface area contributed by atoms with Crippen LogP contribution in [0.3, 0.4) is 0 Å². The summed E-state index contributed by atoms with van der Waals surface area (Å²) in [5.41, 5.74) is 0.621. The van der Waals surface area contributed by atoms with E-state index in [1.807, 2.05) is 18.2 Å². The van der Waals surface area contributed by atoms with E-state index in [0.717, 1.165) is 17.7 Å². The van der Waals surface area contributed by atoms with Gasteiger partial charge in [-0.15, -0.1) is 0 Å². The van der Waals surface area contributed by atoms with Crippen LogP contribution >= 0.6 is 0 Å². The molecule has 0 saturated carbocycles. The van der Waals surface area contributed by atoms with Gasteiger partial charge in [-0.3, -0.25) is 0 Å². The van der Waals surface area contributed by atoms with E-state index in [1.165, 1.54) is 0 Å². The third-order valence-electron chi connectivity index (χ3n) is 3.01. The normalized spacial score (nSPS) is 12.0. The molecule has 1 unspecified atom stereocenters. The maximum absolute atomic E-state index is 13.0. The van der Waals surface area contributed by atoms with Crippen molar-refractivity contribution in [1.29, 1.82) is 0 Å². The molecule has 2 rings (SSSR count). The highest BCUT2D eigenvalue weighted by Crippen LogP contribution is 2.16. The Hall–Kier alpha value is -2.27. The molecule has 2 aromatic carbocycles. The van der Waals surface area contributed by atoms with Crippen LogP contribution in [-0.2, 0) is 4.74 Å². The number of carbonyl (C=O) groups excluding carboxylic acids is 1. The smallest absolute Gasteiger partial charge is 0.338 e. The number of aliphatic hydroxyl groups is 1. The van der Waals surface area contributed by atoms with Gasteiger partial charge in [0.1, 0.15) is 18.2 Å². The molecular weight excluding hydrogens is 278 g/mol. The van der Waals surface area contributed by atoms with Crippen molar-refractivity contribution >= 4 is 5.97 Å². The van der Waals surface area contributed by atoms with E-state index in [4.69, 9.17) is 4.74 Å². The van der Waals surface area contributed by atoms with E-state index in [2.05, 4.69) is 0 Å². The van der Waals surface area contributed by atoms with Gasteiger partial charge in [-0.05, 0) is 17.7 Å². The van der Waals surface area contributed by atoms with Gasteiger partial charge in [-0.2, -0.15) is 0 Å². The second-order valence-electron chi connectivity index (χ2n) is 4.55. The van der Waals surface area contributed by atoms with Crippen LogP contribution in [0.15, 0.2) is 48.5 Å². The Morgan fingerprint density at radius 3 is 2.29 bits per heavy atom. The summed E-state index contributed by atoms with van der Waals surface area (Å²) in [5, 5.41) is 9.34. The van der Waals surface area contributed by atoms with Crippen molar-refractivity contribution in [2.24, 2.45) is 0 Å². The molecule has 0 amide bonds. The Bertz CT molecular complexity index is 594. The summed E-state index contributed by atoms with van der Waals surface area (Å²) in [4.78, 5) is 11.8. The van der Waals surface area contributed by atoms with E-state index in [1.54, 1.807) is 12.1 Å². The number of halogens is 2. The molecule has 1 N–H and O–H groups in total. The Morgan fingerprint density at radius 2 is 1.71 bits per heavy atom. The number of benzene rings is 2. The van der Waals surface area contributed by atoms with E-state index < -0.39 is 17.6 Å². The van der Waals surface area contributed by atoms with Crippen molar-refractivity contribution in [2.45, 2.75) is 5.92 Å². The molecule has 5 heteroatoms. The average molecular weight is 292 g/mol. The van der Waals surface area contributed by atoms with Crippen LogP contribution in [0.4, 0.5) is 8.78 Å². The number of ether oxygens (including phenoxy) is 1. The lowest BCUT2D eigenvalue weighted by Crippen LogP contribution is -2.16. The Balaban J connectivity index is 2.02. The van der Waals surface area contributed by atoms with Crippen molar-refractivity contribution in [3.63, 3.8) is 0 Å². The minimum absolute atomic E-state index is 0.0719. The van der Waals surface area contributed by atoms with Crippen molar-refractivity contribution in [2.75, 3.05) is 13.2 Å². The van der Waals surface area contributed by atoms with Gasteiger partial charge in [0.2, 0.25) is 0 Å². The van der Waals surface area contributed by atoms with E-state index >= 15 is 0 Å². The molecule has 3 nitrogen and oxygen atoms in total. The largest absolute Gasteiger partial charge is 0.461 e. The second kappa shape index (κ2) is 6.95. The van der Waals surface area contributed by atoms with Gasteiger partial charge < -0.3 is 9.84 Å². The summed E-state index contributed by atoms with van der Waals surface area (Å²) in [6, 6.07) is 11.5.